The molecule has 0 aromatic carbocycles. The maximum atomic E-state index is 12.6. The van der Waals surface area contributed by atoms with Crippen LogP contribution >= 0.6 is 0 Å². The largest absolute Gasteiger partial charge is 0.386 e. The van der Waals surface area contributed by atoms with Crippen LogP contribution in [-0.2, 0) is 0 Å². The van der Waals surface area contributed by atoms with Crippen LogP contribution in [0, 0.1) is 0 Å². The Kier molecular flexibility index (Phi) is 5.34. The number of rotatable bonds is 1. The van der Waals surface area contributed by atoms with E-state index in [1.54, 1.807) is 13.1 Å². The lowest BCUT2D eigenvalue weighted by Gasteiger charge is -2.09. The molecule has 0 heterocycles. The van der Waals surface area contributed by atoms with Gasteiger partial charge >= 0.3 is 0 Å². The highest BCUT2D eigenvalue weighted by atomic mass is 19.2. The Bertz CT molecular complexity index is 195. The van der Waals surface area contributed by atoms with Crippen LogP contribution in [0.15, 0.2) is 23.4 Å². The normalized spacial score (nSPS) is 16.2. The van der Waals surface area contributed by atoms with Crippen molar-refractivity contribution in [3.63, 3.8) is 0 Å². The molecule has 3 heteroatoms. The molecular weight excluding hydrogens is 160 g/mol. The summed E-state index contributed by atoms with van der Waals surface area (Å²) in [4.78, 5) is 0. The molecular formula is C9H15F2N. The third-order valence-corrected chi connectivity index (χ3v) is 1.46. The van der Waals surface area contributed by atoms with E-state index in [2.05, 4.69) is 5.32 Å². The summed E-state index contributed by atoms with van der Waals surface area (Å²) in [6.45, 7) is 4.00. The maximum absolute atomic E-state index is 12.6. The van der Waals surface area contributed by atoms with E-state index in [-0.39, 0.29) is 12.1 Å². The molecule has 0 saturated heterocycles. The number of hydrogen-bond acceptors (Lipinski definition) is 1. The second-order valence-corrected chi connectivity index (χ2v) is 2.13. The summed E-state index contributed by atoms with van der Waals surface area (Å²) in [6.07, 6.45) is 2.42. The fourth-order valence-electron chi connectivity index (χ4n) is 0.901. The molecule has 0 aromatic rings. The average molecular weight is 175 g/mol. The lowest BCUT2D eigenvalue weighted by atomic mass is 10.1. The van der Waals surface area contributed by atoms with Crippen molar-refractivity contribution in [3.05, 3.63) is 23.4 Å². The van der Waals surface area contributed by atoms with Crippen molar-refractivity contribution < 1.29 is 8.78 Å². The van der Waals surface area contributed by atoms with Gasteiger partial charge in [0.25, 0.3) is 0 Å². The smallest absolute Gasteiger partial charge is 0.177 e. The summed E-state index contributed by atoms with van der Waals surface area (Å²) in [7, 11) is 1.57. The molecule has 1 aliphatic carbocycles. The molecule has 0 unspecified atom stereocenters. The van der Waals surface area contributed by atoms with Gasteiger partial charge in [0.05, 0.1) is 5.70 Å². The van der Waals surface area contributed by atoms with Crippen LogP contribution in [-0.4, -0.2) is 7.05 Å². The van der Waals surface area contributed by atoms with E-state index in [0.717, 1.165) is 0 Å². The SMILES string of the molecule is CC.CNC1=CCCC(F)=C1F. The molecule has 0 fully saturated rings. The first-order valence-corrected chi connectivity index (χ1v) is 4.18. The molecule has 12 heavy (non-hydrogen) atoms. The summed E-state index contributed by atoms with van der Waals surface area (Å²) in [5.74, 6) is -1.39. The van der Waals surface area contributed by atoms with Gasteiger partial charge in [0.15, 0.2) is 5.83 Å². The zero-order valence-corrected chi connectivity index (χ0v) is 7.75. The van der Waals surface area contributed by atoms with Gasteiger partial charge in [-0.2, -0.15) is 0 Å². The van der Waals surface area contributed by atoms with Crippen LogP contribution in [0.2, 0.25) is 0 Å². The minimum atomic E-state index is -0.742. The van der Waals surface area contributed by atoms with Gasteiger partial charge in [-0.1, -0.05) is 19.9 Å². The fourth-order valence-corrected chi connectivity index (χ4v) is 0.901. The molecule has 0 radical (unpaired) electrons. The summed E-state index contributed by atoms with van der Waals surface area (Å²) in [5, 5.41) is 2.57. The lowest BCUT2D eigenvalue weighted by molar-refractivity contribution is 0.499. The third-order valence-electron chi connectivity index (χ3n) is 1.46. The molecule has 0 aliphatic heterocycles. The van der Waals surface area contributed by atoms with Gasteiger partial charge in [-0.25, -0.2) is 8.78 Å². The maximum Gasteiger partial charge on any atom is 0.177 e. The minimum Gasteiger partial charge on any atom is -0.386 e. The van der Waals surface area contributed by atoms with Crippen LogP contribution in [0.4, 0.5) is 8.78 Å². The summed E-state index contributed by atoms with van der Waals surface area (Å²) in [5.41, 5.74) is 0.267. The topological polar surface area (TPSA) is 12.0 Å². The highest BCUT2D eigenvalue weighted by Gasteiger charge is 2.13. The fraction of sp³-hybridized carbons (Fsp3) is 0.556. The Balaban J connectivity index is 0.000000561. The number of likely N-dealkylation sites (N-methyl/N-ethyl adjacent to an activating group) is 1. The number of nitrogens with one attached hydrogen (secondary N) is 1. The molecule has 1 N–H and O–H groups in total. The molecule has 0 saturated carbocycles. The van der Waals surface area contributed by atoms with Gasteiger partial charge in [-0.15, -0.1) is 0 Å². The van der Waals surface area contributed by atoms with Crippen LogP contribution in [0.3, 0.4) is 0 Å². The van der Waals surface area contributed by atoms with E-state index < -0.39 is 11.7 Å². The highest BCUT2D eigenvalue weighted by Crippen LogP contribution is 2.24. The first-order chi connectivity index (χ1) is 5.75. The molecule has 70 valence electrons. The van der Waals surface area contributed by atoms with Crippen LogP contribution < -0.4 is 5.32 Å². The molecule has 1 aliphatic rings. The Labute approximate surface area is 72.2 Å². The number of allylic oxidation sites excluding steroid dienone is 3. The van der Waals surface area contributed by atoms with Crippen molar-refractivity contribution in [1.29, 1.82) is 0 Å². The van der Waals surface area contributed by atoms with Crippen molar-refractivity contribution in [2.24, 2.45) is 0 Å². The second kappa shape index (κ2) is 5.75. The second-order valence-electron chi connectivity index (χ2n) is 2.13. The van der Waals surface area contributed by atoms with Crippen molar-refractivity contribution in [2.45, 2.75) is 26.7 Å². The summed E-state index contributed by atoms with van der Waals surface area (Å²) >= 11 is 0. The van der Waals surface area contributed by atoms with Gasteiger partial charge in [0.2, 0.25) is 0 Å². The van der Waals surface area contributed by atoms with E-state index in [1.165, 1.54) is 0 Å². The monoisotopic (exact) mass is 175 g/mol. The number of hydrogen-bond donors (Lipinski definition) is 1. The van der Waals surface area contributed by atoms with E-state index >= 15 is 0 Å². The first kappa shape index (κ1) is 11.1. The average Bonchev–Trinajstić information content (AvgIpc) is 2.13. The minimum absolute atomic E-state index is 0.191. The summed E-state index contributed by atoms with van der Waals surface area (Å²) < 4.78 is 25.1. The zero-order chi connectivity index (χ0) is 9.56. The Morgan fingerprint density at radius 1 is 1.33 bits per heavy atom. The molecule has 0 bridgehead atoms. The third kappa shape index (κ3) is 2.64. The molecule has 0 amide bonds. The predicted octanol–water partition coefficient (Wildman–Crippen LogP) is 3.06. The van der Waals surface area contributed by atoms with Crippen LogP contribution in [0.25, 0.3) is 0 Å². The zero-order valence-electron chi connectivity index (χ0n) is 7.75. The van der Waals surface area contributed by atoms with Gasteiger partial charge in [0.1, 0.15) is 5.83 Å². The Hall–Kier alpha value is -0.860. The molecule has 1 nitrogen and oxygen atoms in total. The Morgan fingerprint density at radius 3 is 2.33 bits per heavy atom. The summed E-state index contributed by atoms with van der Waals surface area (Å²) in [6, 6.07) is 0. The standard InChI is InChI=1S/C7H9F2N.C2H6/c1-10-6-4-2-3-5(8)7(6)9;1-2/h4,10H,2-3H2,1H3;1-2H3. The predicted molar refractivity (Wildman–Crippen MR) is 47.0 cm³/mol. The van der Waals surface area contributed by atoms with Gasteiger partial charge in [0, 0.05) is 13.5 Å². The van der Waals surface area contributed by atoms with Gasteiger partial charge in [-0.3, -0.25) is 0 Å². The quantitative estimate of drug-likeness (QED) is 0.645. The van der Waals surface area contributed by atoms with E-state index in [1.807, 2.05) is 13.8 Å². The highest BCUT2D eigenvalue weighted by molar-refractivity contribution is 5.29. The van der Waals surface area contributed by atoms with Crippen molar-refractivity contribution in [1.82, 2.24) is 5.32 Å². The molecule has 1 rings (SSSR count). The lowest BCUT2D eigenvalue weighted by Crippen LogP contribution is -2.09. The van der Waals surface area contributed by atoms with Crippen LogP contribution in [0.5, 0.6) is 0 Å². The van der Waals surface area contributed by atoms with Gasteiger partial charge < -0.3 is 5.32 Å². The van der Waals surface area contributed by atoms with Gasteiger partial charge in [-0.05, 0) is 6.42 Å². The van der Waals surface area contributed by atoms with Crippen LogP contribution in [0.1, 0.15) is 26.7 Å². The Morgan fingerprint density at radius 2 is 1.92 bits per heavy atom. The van der Waals surface area contributed by atoms with E-state index in [4.69, 9.17) is 0 Å². The van der Waals surface area contributed by atoms with E-state index in [0.29, 0.717) is 6.42 Å². The molecule has 0 spiro atoms. The van der Waals surface area contributed by atoms with Crippen molar-refractivity contribution in [3.8, 4) is 0 Å². The molecule has 0 atom stereocenters. The first-order valence-electron chi connectivity index (χ1n) is 4.18. The van der Waals surface area contributed by atoms with E-state index in [9.17, 15) is 8.78 Å². The molecule has 0 aromatic heterocycles. The number of halogens is 2. The van der Waals surface area contributed by atoms with Crippen molar-refractivity contribution >= 4 is 0 Å². The van der Waals surface area contributed by atoms with Crippen molar-refractivity contribution in [2.75, 3.05) is 7.05 Å².